The number of nitrogens with zero attached hydrogens (tertiary/aromatic N) is 3. The lowest BCUT2D eigenvalue weighted by molar-refractivity contribution is 0.0457. The summed E-state index contributed by atoms with van der Waals surface area (Å²) in [6.45, 7) is 8.05. The predicted molar refractivity (Wildman–Crippen MR) is 125 cm³/mol. The maximum absolute atomic E-state index is 13.0. The minimum absolute atomic E-state index is 0.00639. The zero-order valence-corrected chi connectivity index (χ0v) is 20.0. The summed E-state index contributed by atoms with van der Waals surface area (Å²) in [6, 6.07) is 10.5. The molecule has 1 aromatic heterocycles. The van der Waals surface area contributed by atoms with Gasteiger partial charge in [-0.1, -0.05) is 19.1 Å². The highest BCUT2D eigenvalue weighted by molar-refractivity contribution is 7.89. The molecule has 0 atom stereocenters. The first kappa shape index (κ1) is 23.4. The molecule has 176 valence electrons. The first-order valence-corrected chi connectivity index (χ1v) is 12.6. The van der Waals surface area contributed by atoms with Crippen LogP contribution < -0.4 is 0 Å². The van der Waals surface area contributed by atoms with Crippen LogP contribution in [0.3, 0.4) is 0 Å². The normalized spacial score (nSPS) is 15.1. The molecule has 3 aromatic rings. The van der Waals surface area contributed by atoms with Crippen molar-refractivity contribution in [1.29, 1.82) is 0 Å². The number of carbonyl (C=O) groups excluding carboxylic acids is 1. The molecule has 2 heterocycles. The number of ether oxygens (including phenoxy) is 2. The van der Waals surface area contributed by atoms with Gasteiger partial charge in [-0.05, 0) is 55.7 Å². The monoisotopic (exact) mass is 471 g/mol. The largest absolute Gasteiger partial charge is 0.454 e. The lowest BCUT2D eigenvalue weighted by Crippen LogP contribution is -2.40. The van der Waals surface area contributed by atoms with Crippen LogP contribution in [0.25, 0.3) is 11.0 Å². The molecule has 0 bridgehead atoms. The number of hydrogen-bond acceptors (Lipinski definition) is 6. The summed E-state index contributed by atoms with van der Waals surface area (Å²) in [6.07, 6.45) is 0.858. The molecule has 0 radical (unpaired) electrons. The van der Waals surface area contributed by atoms with E-state index in [4.69, 9.17) is 9.47 Å². The Labute approximate surface area is 194 Å². The SMILES string of the molecule is CCCn1c(COC(=O)c2cccc(C)c2C)nc2cc(S(=O)(=O)N3CCOCC3)ccc21. The van der Waals surface area contributed by atoms with Crippen LogP contribution in [0.2, 0.25) is 0 Å². The minimum atomic E-state index is -3.62. The summed E-state index contributed by atoms with van der Waals surface area (Å²) in [4.78, 5) is 17.5. The fourth-order valence-electron chi connectivity index (χ4n) is 4.02. The molecule has 0 saturated carbocycles. The molecule has 1 aliphatic rings. The molecule has 8 nitrogen and oxygen atoms in total. The van der Waals surface area contributed by atoms with Crippen molar-refractivity contribution < 1.29 is 22.7 Å². The number of sulfonamides is 1. The molecule has 1 saturated heterocycles. The number of aromatic nitrogens is 2. The molecule has 4 rings (SSSR count). The molecule has 1 fully saturated rings. The second-order valence-electron chi connectivity index (χ2n) is 8.17. The molecule has 0 amide bonds. The van der Waals surface area contributed by atoms with Crippen molar-refractivity contribution in [2.75, 3.05) is 26.3 Å². The average molecular weight is 472 g/mol. The first-order valence-electron chi connectivity index (χ1n) is 11.1. The van der Waals surface area contributed by atoms with Gasteiger partial charge in [-0.15, -0.1) is 0 Å². The smallest absolute Gasteiger partial charge is 0.338 e. The number of carbonyl (C=O) groups is 1. The van der Waals surface area contributed by atoms with Crippen LogP contribution in [0.1, 0.15) is 40.7 Å². The van der Waals surface area contributed by atoms with Gasteiger partial charge in [0.1, 0.15) is 12.4 Å². The Balaban J connectivity index is 1.62. The fourth-order valence-corrected chi connectivity index (χ4v) is 5.45. The van der Waals surface area contributed by atoms with E-state index in [1.165, 1.54) is 4.31 Å². The average Bonchev–Trinajstić information content (AvgIpc) is 3.16. The number of fused-ring (bicyclic) bond motifs is 1. The van der Waals surface area contributed by atoms with Gasteiger partial charge in [0.25, 0.3) is 0 Å². The Morgan fingerprint density at radius 2 is 1.91 bits per heavy atom. The number of benzene rings is 2. The Kier molecular flexibility index (Phi) is 6.83. The van der Waals surface area contributed by atoms with Gasteiger partial charge in [0.05, 0.1) is 34.7 Å². The number of hydrogen-bond donors (Lipinski definition) is 0. The predicted octanol–water partition coefficient (Wildman–Crippen LogP) is 3.44. The molecule has 0 N–H and O–H groups in total. The van der Waals surface area contributed by atoms with Crippen LogP contribution in [-0.2, 0) is 32.6 Å². The van der Waals surface area contributed by atoms with E-state index in [0.29, 0.717) is 49.8 Å². The van der Waals surface area contributed by atoms with Crippen molar-refractivity contribution in [3.8, 4) is 0 Å². The lowest BCUT2D eigenvalue weighted by Gasteiger charge is -2.26. The van der Waals surface area contributed by atoms with Crippen LogP contribution in [0.5, 0.6) is 0 Å². The van der Waals surface area contributed by atoms with Gasteiger partial charge in [-0.2, -0.15) is 4.31 Å². The van der Waals surface area contributed by atoms with Crippen LogP contribution in [-0.4, -0.2) is 54.5 Å². The molecule has 1 aliphatic heterocycles. The zero-order chi connectivity index (χ0) is 23.6. The van der Waals surface area contributed by atoms with Gasteiger partial charge in [-0.25, -0.2) is 18.2 Å². The molecule has 0 aliphatic carbocycles. The summed E-state index contributed by atoms with van der Waals surface area (Å²) in [5, 5.41) is 0. The summed E-state index contributed by atoms with van der Waals surface area (Å²) in [7, 11) is -3.62. The number of aryl methyl sites for hydroxylation is 2. The highest BCUT2D eigenvalue weighted by Gasteiger charge is 2.27. The number of esters is 1. The molecule has 9 heteroatoms. The second kappa shape index (κ2) is 9.62. The third kappa shape index (κ3) is 4.66. The standard InChI is InChI=1S/C24H29N3O5S/c1-4-10-27-22-9-8-19(33(29,30)26-11-13-31-14-12-26)15-21(22)25-23(27)16-32-24(28)20-7-5-6-17(2)18(20)3/h5-9,15H,4,10-14,16H2,1-3H3. The van der Waals surface area contributed by atoms with Crippen LogP contribution in [0, 0.1) is 13.8 Å². The van der Waals surface area contributed by atoms with Crippen molar-refractivity contribution in [1.82, 2.24) is 13.9 Å². The zero-order valence-electron chi connectivity index (χ0n) is 19.2. The van der Waals surface area contributed by atoms with E-state index in [1.54, 1.807) is 24.3 Å². The van der Waals surface area contributed by atoms with Crippen LogP contribution in [0.4, 0.5) is 0 Å². The lowest BCUT2D eigenvalue weighted by atomic mass is 10.0. The van der Waals surface area contributed by atoms with Crippen molar-refractivity contribution in [3.05, 3.63) is 58.9 Å². The second-order valence-corrected chi connectivity index (χ2v) is 10.1. The minimum Gasteiger partial charge on any atom is -0.454 e. The number of morpholine rings is 1. The van der Waals surface area contributed by atoms with Crippen molar-refractivity contribution in [2.45, 2.75) is 45.2 Å². The van der Waals surface area contributed by atoms with Gasteiger partial charge in [0.2, 0.25) is 10.0 Å². The quantitative estimate of drug-likeness (QED) is 0.490. The van der Waals surface area contributed by atoms with E-state index >= 15 is 0 Å². The van der Waals surface area contributed by atoms with Crippen molar-refractivity contribution in [2.24, 2.45) is 0 Å². The van der Waals surface area contributed by atoms with Gasteiger partial charge in [-0.3, -0.25) is 0 Å². The Bertz CT molecular complexity index is 1280. The Morgan fingerprint density at radius 1 is 1.15 bits per heavy atom. The highest BCUT2D eigenvalue weighted by atomic mass is 32.2. The van der Waals surface area contributed by atoms with Gasteiger partial charge < -0.3 is 14.0 Å². The van der Waals surface area contributed by atoms with E-state index in [-0.39, 0.29) is 11.5 Å². The fraction of sp³-hybridized carbons (Fsp3) is 0.417. The first-order chi connectivity index (χ1) is 15.8. The number of imidazole rings is 1. The van der Waals surface area contributed by atoms with E-state index in [2.05, 4.69) is 11.9 Å². The molecule has 0 spiro atoms. The molecule has 33 heavy (non-hydrogen) atoms. The third-order valence-corrected chi connectivity index (χ3v) is 7.91. The van der Waals surface area contributed by atoms with E-state index < -0.39 is 16.0 Å². The van der Waals surface area contributed by atoms with Crippen molar-refractivity contribution in [3.63, 3.8) is 0 Å². The number of rotatable bonds is 7. The molecular formula is C24H29N3O5S. The van der Waals surface area contributed by atoms with Crippen LogP contribution >= 0.6 is 0 Å². The van der Waals surface area contributed by atoms with E-state index in [9.17, 15) is 13.2 Å². The topological polar surface area (TPSA) is 90.7 Å². The molecule has 2 aromatic carbocycles. The van der Waals surface area contributed by atoms with Gasteiger partial charge >= 0.3 is 5.97 Å². The summed E-state index contributed by atoms with van der Waals surface area (Å²) in [5.41, 5.74) is 3.83. The van der Waals surface area contributed by atoms with E-state index in [0.717, 1.165) is 23.1 Å². The maximum Gasteiger partial charge on any atom is 0.338 e. The van der Waals surface area contributed by atoms with Crippen molar-refractivity contribution >= 4 is 27.0 Å². The maximum atomic E-state index is 13.0. The summed E-state index contributed by atoms with van der Waals surface area (Å²) in [5.74, 6) is 0.188. The van der Waals surface area contributed by atoms with Gasteiger partial charge in [0, 0.05) is 19.6 Å². The Hall–Kier alpha value is -2.75. The highest BCUT2D eigenvalue weighted by Crippen LogP contribution is 2.24. The Morgan fingerprint density at radius 3 is 2.64 bits per heavy atom. The van der Waals surface area contributed by atoms with Crippen LogP contribution in [0.15, 0.2) is 41.3 Å². The third-order valence-electron chi connectivity index (χ3n) is 6.01. The summed E-state index contributed by atoms with van der Waals surface area (Å²) >= 11 is 0. The van der Waals surface area contributed by atoms with Gasteiger partial charge in [0.15, 0.2) is 0 Å². The van der Waals surface area contributed by atoms with E-state index in [1.807, 2.05) is 30.5 Å². The molecular weight excluding hydrogens is 442 g/mol. The summed E-state index contributed by atoms with van der Waals surface area (Å²) < 4.78 is 40.4. The molecule has 0 unspecified atom stereocenters.